The Morgan fingerprint density at radius 2 is 1.62 bits per heavy atom. The highest BCUT2D eigenvalue weighted by atomic mass is 79.9. The van der Waals surface area contributed by atoms with Crippen molar-refractivity contribution in [3.8, 4) is 0 Å². The van der Waals surface area contributed by atoms with E-state index in [-0.39, 0.29) is 12.8 Å². The van der Waals surface area contributed by atoms with Crippen molar-refractivity contribution in [1.82, 2.24) is 15.3 Å². The Bertz CT molecular complexity index is 785. The third kappa shape index (κ3) is 5.04. The summed E-state index contributed by atoms with van der Waals surface area (Å²) < 4.78 is 4.86. The first-order chi connectivity index (χ1) is 15.0. The highest BCUT2D eigenvalue weighted by Crippen LogP contribution is 2.29. The number of nitrogens with one attached hydrogen (secondary N) is 1. The van der Waals surface area contributed by atoms with Crippen LogP contribution in [0.2, 0.25) is 0 Å². The molecule has 178 valence electrons. The number of hydroxylamine groups is 2. The summed E-state index contributed by atoms with van der Waals surface area (Å²) in [4.78, 5) is 54.5. The van der Waals surface area contributed by atoms with Gasteiger partial charge in [-0.25, -0.2) is 4.79 Å². The number of aliphatic hydroxyl groups is 4. The molecule has 3 rings (SSSR count). The van der Waals surface area contributed by atoms with Crippen LogP contribution in [0.25, 0.3) is 0 Å². The van der Waals surface area contributed by atoms with E-state index < -0.39 is 76.9 Å². The number of carbonyl (C=O) groups is 4. The minimum atomic E-state index is -1.92. The normalized spacial score (nSPS) is 36.4. The Morgan fingerprint density at radius 3 is 2.19 bits per heavy atom. The molecular weight excluding hydrogens is 566 g/mol. The van der Waals surface area contributed by atoms with Crippen molar-refractivity contribution in [3.63, 3.8) is 0 Å². The number of aliphatic hydroxyl groups excluding tert-OH is 4. The van der Waals surface area contributed by atoms with Gasteiger partial charge in [0.05, 0.1) is 9.90 Å². The van der Waals surface area contributed by atoms with E-state index in [9.17, 15) is 39.6 Å². The van der Waals surface area contributed by atoms with Crippen molar-refractivity contribution >= 4 is 55.6 Å². The molecule has 0 aromatic carbocycles. The number of nitrogens with zero attached hydrogens (tertiary/aromatic N) is 2. The molecule has 3 amide bonds. The van der Waals surface area contributed by atoms with E-state index in [1.54, 1.807) is 12.2 Å². The minimum absolute atomic E-state index is 0.0890. The first kappa shape index (κ1) is 25.2. The van der Waals surface area contributed by atoms with Crippen LogP contribution in [0.1, 0.15) is 12.8 Å². The molecule has 2 saturated heterocycles. The van der Waals surface area contributed by atoms with Gasteiger partial charge in [-0.05, 0) is 0 Å². The average Bonchev–Trinajstić information content (AvgIpc) is 3.25. The second-order valence-electron chi connectivity index (χ2n) is 7.25. The Balaban J connectivity index is 1.71. The van der Waals surface area contributed by atoms with Crippen LogP contribution >= 0.6 is 31.9 Å². The van der Waals surface area contributed by atoms with Crippen LogP contribution in [0.4, 0.5) is 0 Å². The number of halogens is 2. The van der Waals surface area contributed by atoms with Gasteiger partial charge in [-0.3, -0.25) is 19.3 Å². The molecule has 0 aliphatic carbocycles. The lowest BCUT2D eigenvalue weighted by Crippen LogP contribution is -2.62. The number of hydrogen-bond acceptors (Lipinski definition) is 11. The predicted molar refractivity (Wildman–Crippen MR) is 109 cm³/mol. The summed E-state index contributed by atoms with van der Waals surface area (Å²) in [6.45, 7) is -0.416. The van der Waals surface area contributed by atoms with Gasteiger partial charge < -0.3 is 35.3 Å². The van der Waals surface area contributed by atoms with Crippen molar-refractivity contribution < 1.29 is 49.2 Å². The zero-order chi connectivity index (χ0) is 23.7. The van der Waals surface area contributed by atoms with Gasteiger partial charge in [0.1, 0.15) is 24.4 Å². The predicted octanol–water partition coefficient (Wildman–Crippen LogP) is -2.81. The van der Waals surface area contributed by atoms with E-state index >= 15 is 0 Å². The van der Waals surface area contributed by atoms with Crippen LogP contribution in [0.5, 0.6) is 0 Å². The van der Waals surface area contributed by atoms with Gasteiger partial charge in [0.2, 0.25) is 0 Å². The molecule has 0 bridgehead atoms. The van der Waals surface area contributed by atoms with Crippen molar-refractivity contribution in [2.24, 2.45) is 0 Å². The highest BCUT2D eigenvalue weighted by Gasteiger charge is 2.47. The maximum Gasteiger partial charge on any atom is 0.352 e. The molecule has 0 aromatic heterocycles. The standard InChI is InChI=1S/C17H21Br2N3O10/c18-7-1-2-8(19)21(7)6(16(29)32-22-9(23)3-4-10(22)24)5-20-15(28)14-12(26)11(25)13(27)17(30)31-14/h1-2,6-8,11-14,17,25-27,30H,3-5H2,(H,20,28)/t6-,7?,8?,11-,12-,13+,14-,17?/m0/s1. The quantitative estimate of drug-likeness (QED) is 0.0936. The molecule has 3 aliphatic heterocycles. The average molecular weight is 587 g/mol. The number of carbonyl (C=O) groups excluding carboxylic acids is 4. The van der Waals surface area contributed by atoms with Crippen LogP contribution in [0.15, 0.2) is 12.2 Å². The molecule has 32 heavy (non-hydrogen) atoms. The van der Waals surface area contributed by atoms with Crippen LogP contribution in [-0.4, -0.2) is 107 Å². The summed E-state index contributed by atoms with van der Waals surface area (Å²) in [5.41, 5.74) is 0. The molecule has 3 heterocycles. The second kappa shape index (κ2) is 10.2. The largest absolute Gasteiger partial charge is 0.387 e. The molecule has 15 heteroatoms. The summed E-state index contributed by atoms with van der Waals surface area (Å²) in [5, 5.41) is 41.6. The van der Waals surface area contributed by atoms with Gasteiger partial charge in [-0.2, -0.15) is 0 Å². The molecule has 0 spiro atoms. The first-order valence-corrected chi connectivity index (χ1v) is 11.3. The lowest BCUT2D eigenvalue weighted by Gasteiger charge is -2.38. The summed E-state index contributed by atoms with van der Waals surface area (Å²) in [7, 11) is 0. The molecule has 5 N–H and O–H groups in total. The molecule has 0 radical (unpaired) electrons. The third-order valence-corrected chi connectivity index (χ3v) is 6.69. The second-order valence-corrected chi connectivity index (χ2v) is 9.13. The minimum Gasteiger partial charge on any atom is -0.387 e. The van der Waals surface area contributed by atoms with E-state index in [2.05, 4.69) is 37.2 Å². The smallest absolute Gasteiger partial charge is 0.352 e. The maximum absolute atomic E-state index is 12.8. The van der Waals surface area contributed by atoms with Crippen LogP contribution in [0, 0.1) is 0 Å². The van der Waals surface area contributed by atoms with Crippen molar-refractivity contribution in [3.05, 3.63) is 12.2 Å². The fourth-order valence-corrected chi connectivity index (χ4v) is 5.11. The van der Waals surface area contributed by atoms with Gasteiger partial charge in [-0.15, -0.1) is 5.06 Å². The highest BCUT2D eigenvalue weighted by molar-refractivity contribution is 9.10. The number of amides is 3. The number of alkyl halides is 2. The SMILES string of the molecule is O=C(NC[C@@H](C(=O)ON1C(=O)CCC1=O)N1C(Br)C=CC1Br)[C@H]1OC(O)[C@H](O)[C@@H](O)[C@@H]1O. The van der Waals surface area contributed by atoms with Gasteiger partial charge in [-0.1, -0.05) is 44.0 Å². The van der Waals surface area contributed by atoms with Gasteiger partial charge in [0, 0.05) is 19.4 Å². The molecule has 8 atom stereocenters. The molecular formula is C17H21Br2N3O10. The third-order valence-electron chi connectivity index (χ3n) is 5.13. The zero-order valence-corrected chi connectivity index (χ0v) is 19.5. The molecule has 2 fully saturated rings. The van der Waals surface area contributed by atoms with E-state index in [1.807, 2.05) is 0 Å². The number of hydrogen-bond donors (Lipinski definition) is 5. The van der Waals surface area contributed by atoms with E-state index in [1.165, 1.54) is 4.90 Å². The number of rotatable bonds is 6. The number of ether oxygens (including phenoxy) is 1. The van der Waals surface area contributed by atoms with Crippen molar-refractivity contribution in [2.75, 3.05) is 6.54 Å². The fourth-order valence-electron chi connectivity index (χ4n) is 3.36. The van der Waals surface area contributed by atoms with E-state index in [4.69, 9.17) is 9.57 Å². The van der Waals surface area contributed by atoms with Crippen LogP contribution in [0.3, 0.4) is 0 Å². The molecule has 3 unspecified atom stereocenters. The molecule has 0 aromatic rings. The Kier molecular flexibility index (Phi) is 8.03. The molecule has 3 aliphatic rings. The van der Waals surface area contributed by atoms with Gasteiger partial charge >= 0.3 is 5.97 Å². The molecule has 0 saturated carbocycles. The maximum atomic E-state index is 12.8. The Hall–Kier alpha value is -1.46. The fraction of sp³-hybridized carbons (Fsp3) is 0.647. The Morgan fingerprint density at radius 1 is 1.06 bits per heavy atom. The summed E-state index contributed by atoms with van der Waals surface area (Å²) >= 11 is 6.70. The summed E-state index contributed by atoms with van der Waals surface area (Å²) in [6.07, 6.45) is -5.93. The summed E-state index contributed by atoms with van der Waals surface area (Å²) in [5.74, 6) is -3.33. The topological polar surface area (TPSA) is 186 Å². The summed E-state index contributed by atoms with van der Waals surface area (Å²) in [6, 6.07) is -1.22. The van der Waals surface area contributed by atoms with Crippen LogP contribution in [-0.2, 0) is 28.8 Å². The van der Waals surface area contributed by atoms with E-state index in [0.29, 0.717) is 5.06 Å². The first-order valence-electron chi connectivity index (χ1n) is 9.50. The number of imide groups is 1. The zero-order valence-electron chi connectivity index (χ0n) is 16.3. The van der Waals surface area contributed by atoms with Crippen LogP contribution < -0.4 is 5.32 Å². The lowest BCUT2D eigenvalue weighted by atomic mass is 9.98. The van der Waals surface area contributed by atoms with Gasteiger partial charge in [0.15, 0.2) is 12.4 Å². The lowest BCUT2D eigenvalue weighted by molar-refractivity contribution is -0.275. The van der Waals surface area contributed by atoms with E-state index in [0.717, 1.165) is 0 Å². The Labute approximate surface area is 198 Å². The van der Waals surface area contributed by atoms with Gasteiger partial charge in [0.25, 0.3) is 17.7 Å². The van der Waals surface area contributed by atoms with Crippen molar-refractivity contribution in [2.45, 2.75) is 59.5 Å². The van der Waals surface area contributed by atoms with Crippen molar-refractivity contribution in [1.29, 1.82) is 0 Å². The molecule has 13 nitrogen and oxygen atoms in total. The monoisotopic (exact) mass is 585 g/mol.